The molecule has 2 fully saturated rings. The number of carbonyl (C=O) groups excluding carboxylic acids is 1. The Morgan fingerprint density at radius 1 is 0.912 bits per heavy atom. The smallest absolute Gasteiger partial charge is 0.258 e. The second-order valence-electron chi connectivity index (χ2n) is 9.09. The normalized spacial score (nSPS) is 16.7. The molecular weight excluding hydrogens is 426 g/mol. The first kappa shape index (κ1) is 22.4. The highest BCUT2D eigenvalue weighted by atomic mass is 16.5. The molecule has 2 aliphatic rings. The number of benzene rings is 2. The average Bonchev–Trinajstić information content (AvgIpc) is 2.88. The Kier molecular flexibility index (Phi) is 6.52. The van der Waals surface area contributed by atoms with E-state index < -0.39 is 0 Å². The molecule has 0 N–H and O–H groups in total. The van der Waals surface area contributed by atoms with Crippen LogP contribution in [0.5, 0.6) is 5.75 Å². The summed E-state index contributed by atoms with van der Waals surface area (Å²) in [5, 5.41) is 1.99. The summed E-state index contributed by atoms with van der Waals surface area (Å²) in [6.07, 6.45) is 3.74. The molecule has 3 aromatic rings. The third-order valence-corrected chi connectivity index (χ3v) is 6.76. The molecule has 34 heavy (non-hydrogen) atoms. The van der Waals surface area contributed by atoms with Crippen molar-refractivity contribution in [2.24, 2.45) is 0 Å². The number of anilines is 2. The van der Waals surface area contributed by atoms with Crippen LogP contribution in [0.2, 0.25) is 0 Å². The zero-order chi connectivity index (χ0) is 23.5. The van der Waals surface area contributed by atoms with Gasteiger partial charge >= 0.3 is 0 Å². The number of piperidine rings is 1. The van der Waals surface area contributed by atoms with E-state index in [4.69, 9.17) is 14.7 Å². The summed E-state index contributed by atoms with van der Waals surface area (Å²) in [5.41, 5.74) is 1.65. The maximum absolute atomic E-state index is 13.7. The van der Waals surface area contributed by atoms with Crippen LogP contribution >= 0.6 is 0 Å². The molecule has 178 valence electrons. The summed E-state index contributed by atoms with van der Waals surface area (Å²) in [7, 11) is 0. The number of rotatable bonds is 5. The number of aryl methyl sites for hydroxylation is 1. The van der Waals surface area contributed by atoms with Gasteiger partial charge in [-0.25, -0.2) is 4.98 Å². The number of aromatic nitrogens is 2. The first-order chi connectivity index (χ1) is 16.6. The van der Waals surface area contributed by atoms with Gasteiger partial charge in [0.1, 0.15) is 11.6 Å². The summed E-state index contributed by atoms with van der Waals surface area (Å²) in [4.78, 5) is 29.8. The Hall–Kier alpha value is -3.35. The van der Waals surface area contributed by atoms with Crippen molar-refractivity contribution in [2.75, 3.05) is 55.7 Å². The minimum Gasteiger partial charge on any atom is -0.493 e. The lowest BCUT2D eigenvalue weighted by Crippen LogP contribution is -2.49. The zero-order valence-corrected chi connectivity index (χ0v) is 20.2. The number of ether oxygens (including phenoxy) is 1. The fraction of sp³-hybridized carbons (Fsp3) is 0.444. The number of amides is 1. The van der Waals surface area contributed by atoms with Crippen LogP contribution in [0.25, 0.3) is 10.8 Å². The van der Waals surface area contributed by atoms with Gasteiger partial charge in [0, 0.05) is 51.0 Å². The Morgan fingerprint density at radius 2 is 1.68 bits per heavy atom. The number of fused-ring (bicyclic) bond motifs is 1. The van der Waals surface area contributed by atoms with E-state index in [2.05, 4.69) is 15.9 Å². The lowest BCUT2D eigenvalue weighted by molar-refractivity contribution is 0.0744. The van der Waals surface area contributed by atoms with Gasteiger partial charge in [-0.15, -0.1) is 0 Å². The monoisotopic (exact) mass is 459 g/mol. The van der Waals surface area contributed by atoms with Crippen LogP contribution in [0.4, 0.5) is 11.8 Å². The summed E-state index contributed by atoms with van der Waals surface area (Å²) < 4.78 is 5.85. The van der Waals surface area contributed by atoms with Crippen molar-refractivity contribution in [1.82, 2.24) is 14.9 Å². The second kappa shape index (κ2) is 9.87. The standard InChI is InChI=1S/C27H33N5O2/c1-3-34-23-12-11-21-9-5-6-10-22(21)25(23)26(33)31-15-17-32(18-16-31)27-28-20(2)19-24(29-27)30-13-7-4-8-14-30/h5-6,9-12,19H,3-4,7-8,13-18H2,1-2H3. The fourth-order valence-electron chi connectivity index (χ4n) is 4.98. The first-order valence-corrected chi connectivity index (χ1v) is 12.4. The first-order valence-electron chi connectivity index (χ1n) is 12.4. The third-order valence-electron chi connectivity index (χ3n) is 6.76. The van der Waals surface area contributed by atoms with Crippen molar-refractivity contribution in [2.45, 2.75) is 33.1 Å². The topological polar surface area (TPSA) is 61.8 Å². The SMILES string of the molecule is CCOc1ccc2ccccc2c1C(=O)N1CCN(c2nc(C)cc(N3CCCCC3)n2)CC1. The van der Waals surface area contributed by atoms with E-state index in [-0.39, 0.29) is 5.91 Å². The van der Waals surface area contributed by atoms with Gasteiger partial charge < -0.3 is 19.4 Å². The van der Waals surface area contributed by atoms with Crippen LogP contribution in [-0.2, 0) is 0 Å². The molecule has 0 unspecified atom stereocenters. The van der Waals surface area contributed by atoms with E-state index >= 15 is 0 Å². The Labute approximate surface area is 201 Å². The molecule has 0 atom stereocenters. The summed E-state index contributed by atoms with van der Waals surface area (Å²) >= 11 is 0. The van der Waals surface area contributed by atoms with Crippen LogP contribution in [-0.4, -0.2) is 66.7 Å². The van der Waals surface area contributed by atoms with Gasteiger partial charge in [-0.3, -0.25) is 4.79 Å². The van der Waals surface area contributed by atoms with Crippen LogP contribution in [0.3, 0.4) is 0 Å². The van der Waals surface area contributed by atoms with Crippen LogP contribution in [0.15, 0.2) is 42.5 Å². The summed E-state index contributed by atoms with van der Waals surface area (Å²) in [6.45, 7) is 9.31. The quantitative estimate of drug-likeness (QED) is 0.567. The summed E-state index contributed by atoms with van der Waals surface area (Å²) in [6, 6.07) is 14.0. The molecule has 5 rings (SSSR count). The molecule has 1 amide bonds. The number of hydrogen-bond acceptors (Lipinski definition) is 6. The van der Waals surface area contributed by atoms with E-state index in [1.165, 1.54) is 19.3 Å². The van der Waals surface area contributed by atoms with Crippen molar-refractivity contribution in [1.29, 1.82) is 0 Å². The maximum Gasteiger partial charge on any atom is 0.258 e. The molecule has 0 bridgehead atoms. The number of piperazine rings is 1. The predicted octanol–water partition coefficient (Wildman–Crippen LogP) is 4.29. The summed E-state index contributed by atoms with van der Waals surface area (Å²) in [5.74, 6) is 2.48. The largest absolute Gasteiger partial charge is 0.493 e. The number of carbonyl (C=O) groups is 1. The molecule has 2 aliphatic heterocycles. The van der Waals surface area contributed by atoms with E-state index in [9.17, 15) is 4.79 Å². The molecule has 1 aromatic heterocycles. The molecule has 7 heteroatoms. The molecule has 0 aliphatic carbocycles. The molecule has 2 aromatic carbocycles. The highest BCUT2D eigenvalue weighted by Crippen LogP contribution is 2.30. The van der Waals surface area contributed by atoms with Crippen molar-refractivity contribution in [3.8, 4) is 5.75 Å². The van der Waals surface area contributed by atoms with Gasteiger partial charge in [-0.2, -0.15) is 4.98 Å². The molecule has 0 radical (unpaired) electrons. The molecule has 0 spiro atoms. The van der Waals surface area contributed by atoms with Gasteiger partial charge in [-0.1, -0.05) is 30.3 Å². The molecule has 2 saturated heterocycles. The lowest BCUT2D eigenvalue weighted by atomic mass is 10.0. The zero-order valence-electron chi connectivity index (χ0n) is 20.2. The van der Waals surface area contributed by atoms with Crippen LogP contribution < -0.4 is 14.5 Å². The number of hydrogen-bond donors (Lipinski definition) is 0. The van der Waals surface area contributed by atoms with E-state index in [0.29, 0.717) is 44.1 Å². The van der Waals surface area contributed by atoms with E-state index in [1.54, 1.807) is 0 Å². The van der Waals surface area contributed by atoms with Gasteiger partial charge in [0.05, 0.1) is 12.2 Å². The minimum absolute atomic E-state index is 0.0269. The van der Waals surface area contributed by atoms with Crippen LogP contribution in [0.1, 0.15) is 42.2 Å². The minimum atomic E-state index is 0.0269. The van der Waals surface area contributed by atoms with Gasteiger partial charge in [0.2, 0.25) is 5.95 Å². The lowest BCUT2D eigenvalue weighted by Gasteiger charge is -2.36. The van der Waals surface area contributed by atoms with E-state index in [1.807, 2.05) is 55.1 Å². The molecule has 3 heterocycles. The molecular formula is C27H33N5O2. The fourth-order valence-corrected chi connectivity index (χ4v) is 4.98. The Balaban J connectivity index is 1.34. The highest BCUT2D eigenvalue weighted by Gasteiger charge is 2.27. The molecule has 0 saturated carbocycles. The number of nitrogens with zero attached hydrogens (tertiary/aromatic N) is 5. The highest BCUT2D eigenvalue weighted by molar-refractivity contribution is 6.09. The van der Waals surface area contributed by atoms with Gasteiger partial charge in [-0.05, 0) is 49.9 Å². The third kappa shape index (κ3) is 4.52. The van der Waals surface area contributed by atoms with Crippen molar-refractivity contribution < 1.29 is 9.53 Å². The van der Waals surface area contributed by atoms with E-state index in [0.717, 1.165) is 41.3 Å². The Bertz CT molecular complexity index is 1170. The van der Waals surface area contributed by atoms with Crippen molar-refractivity contribution in [3.05, 3.63) is 53.7 Å². The molecule has 7 nitrogen and oxygen atoms in total. The predicted molar refractivity (Wildman–Crippen MR) is 136 cm³/mol. The Morgan fingerprint density at radius 3 is 2.44 bits per heavy atom. The average molecular weight is 460 g/mol. The van der Waals surface area contributed by atoms with Gasteiger partial charge in [0.15, 0.2) is 0 Å². The van der Waals surface area contributed by atoms with Crippen LogP contribution in [0, 0.1) is 6.92 Å². The second-order valence-corrected chi connectivity index (χ2v) is 9.09. The van der Waals surface area contributed by atoms with Crippen molar-refractivity contribution in [3.63, 3.8) is 0 Å². The maximum atomic E-state index is 13.7. The van der Waals surface area contributed by atoms with Crippen molar-refractivity contribution >= 4 is 28.4 Å². The van der Waals surface area contributed by atoms with Gasteiger partial charge in [0.25, 0.3) is 5.91 Å².